The summed E-state index contributed by atoms with van der Waals surface area (Å²) in [6, 6.07) is 15.2. The molecule has 0 saturated heterocycles. The number of thioether (sulfide) groups is 1. The van der Waals surface area contributed by atoms with Crippen molar-refractivity contribution in [2.24, 2.45) is 17.8 Å². The van der Waals surface area contributed by atoms with E-state index in [1.165, 1.54) is 30.6 Å². The number of benzene rings is 2. The summed E-state index contributed by atoms with van der Waals surface area (Å²) in [5, 5.41) is 4.44. The van der Waals surface area contributed by atoms with Crippen LogP contribution in [0.1, 0.15) is 35.6 Å². The number of thiazole rings is 1. The molecule has 6 nitrogen and oxygen atoms in total. The van der Waals surface area contributed by atoms with E-state index in [1.54, 1.807) is 31.4 Å². The van der Waals surface area contributed by atoms with Gasteiger partial charge in [-0.25, -0.2) is 0 Å². The highest BCUT2D eigenvalue weighted by molar-refractivity contribution is 8.00. The van der Waals surface area contributed by atoms with Crippen LogP contribution in [0.5, 0.6) is 11.5 Å². The summed E-state index contributed by atoms with van der Waals surface area (Å²) in [7, 11) is 1.61. The molecule has 1 amide bonds. The fraction of sp³-hybridized carbons (Fsp3) is 0.385. The van der Waals surface area contributed by atoms with Gasteiger partial charge in [0.2, 0.25) is 0 Å². The van der Waals surface area contributed by atoms with E-state index >= 15 is 0 Å². The Morgan fingerprint density at radius 1 is 1.12 bits per heavy atom. The van der Waals surface area contributed by atoms with Gasteiger partial charge < -0.3 is 19.8 Å². The second kappa shape index (κ2) is 8.82. The molecule has 34 heavy (non-hydrogen) atoms. The highest BCUT2D eigenvalue weighted by Crippen LogP contribution is 2.64. The second-order valence-corrected chi connectivity index (χ2v) is 11.5. The Hall–Kier alpha value is -2.71. The highest BCUT2D eigenvalue weighted by Gasteiger charge is 2.55. The summed E-state index contributed by atoms with van der Waals surface area (Å²) in [5.41, 5.74) is 1.78. The lowest BCUT2D eigenvalue weighted by Crippen LogP contribution is -2.34. The third-order valence-electron chi connectivity index (χ3n) is 7.45. The molecule has 2 bridgehead atoms. The minimum atomic E-state index is -0.219. The molecule has 2 aromatic carbocycles. The molecule has 2 saturated carbocycles. The molecule has 0 unspecified atom stereocenters. The summed E-state index contributed by atoms with van der Waals surface area (Å²) in [5.74, 6) is 3.27. The van der Waals surface area contributed by atoms with Crippen LogP contribution in [0.2, 0.25) is 0 Å². The Kier molecular flexibility index (Phi) is 5.65. The molecule has 0 spiro atoms. The third kappa shape index (κ3) is 3.82. The van der Waals surface area contributed by atoms with Crippen LogP contribution in [0, 0.1) is 17.8 Å². The van der Waals surface area contributed by atoms with Crippen molar-refractivity contribution in [2.75, 3.05) is 19.0 Å². The predicted octanol–water partition coefficient (Wildman–Crippen LogP) is 5.11. The number of fused-ring (bicyclic) bond motifs is 6. The Morgan fingerprint density at radius 2 is 1.91 bits per heavy atom. The van der Waals surface area contributed by atoms with Crippen LogP contribution < -0.4 is 19.7 Å². The first-order valence-corrected chi connectivity index (χ1v) is 13.4. The van der Waals surface area contributed by atoms with Crippen molar-refractivity contribution in [1.82, 2.24) is 4.98 Å². The normalized spacial score (nSPS) is 26.6. The molecule has 2 aliphatic carbocycles. The molecule has 8 heteroatoms. The Bertz CT molecular complexity index is 1270. The molecule has 2 heterocycles. The first-order valence-electron chi connectivity index (χ1n) is 11.7. The van der Waals surface area contributed by atoms with Crippen molar-refractivity contribution in [3.63, 3.8) is 0 Å². The van der Waals surface area contributed by atoms with Crippen LogP contribution in [-0.4, -0.2) is 29.9 Å². The van der Waals surface area contributed by atoms with Crippen LogP contribution in [0.4, 0.5) is 5.69 Å². The van der Waals surface area contributed by atoms with Gasteiger partial charge in [-0.2, -0.15) is 0 Å². The summed E-state index contributed by atoms with van der Waals surface area (Å²) in [6.07, 6.45) is 3.84. The average Bonchev–Trinajstić information content (AvgIpc) is 3.56. The number of hydrogen-bond acceptors (Lipinski definition) is 6. The molecular formula is C26H26N2O4S2. The van der Waals surface area contributed by atoms with Crippen LogP contribution in [0.25, 0.3) is 0 Å². The summed E-state index contributed by atoms with van der Waals surface area (Å²) in [4.78, 5) is 29.1. The van der Waals surface area contributed by atoms with E-state index in [4.69, 9.17) is 9.47 Å². The lowest BCUT2D eigenvalue weighted by molar-refractivity contribution is -0.118. The number of para-hydroxylation sites is 1. The number of methoxy groups -OCH3 is 1. The zero-order chi connectivity index (χ0) is 23.2. The fourth-order valence-electron chi connectivity index (χ4n) is 6.08. The zero-order valence-corrected chi connectivity index (χ0v) is 20.4. The number of nitrogens with one attached hydrogen (secondary N) is 2. The van der Waals surface area contributed by atoms with Crippen LogP contribution in [-0.2, 0) is 4.79 Å². The molecule has 3 aromatic rings. The van der Waals surface area contributed by atoms with E-state index in [-0.39, 0.29) is 23.3 Å². The van der Waals surface area contributed by atoms with E-state index in [9.17, 15) is 9.59 Å². The van der Waals surface area contributed by atoms with E-state index in [2.05, 4.69) is 16.4 Å². The molecule has 5 atom stereocenters. The van der Waals surface area contributed by atoms with Crippen molar-refractivity contribution in [3.8, 4) is 11.5 Å². The Labute approximate surface area is 206 Å². The largest absolute Gasteiger partial charge is 0.497 e. The summed E-state index contributed by atoms with van der Waals surface area (Å²) >= 11 is 3.21. The number of rotatable bonds is 6. The Balaban J connectivity index is 1.25. The number of H-pyrrole nitrogens is 1. The first kappa shape index (κ1) is 21.8. The van der Waals surface area contributed by atoms with Crippen LogP contribution in [0.3, 0.4) is 0 Å². The van der Waals surface area contributed by atoms with Crippen molar-refractivity contribution < 1.29 is 14.3 Å². The number of amides is 1. The first-order chi connectivity index (χ1) is 16.6. The molecule has 2 N–H and O–H groups in total. The average molecular weight is 495 g/mol. The standard InChI is InChI=1S/C26H26N2O4S2/c1-31-17-10-8-16(9-11-17)27-20(29)13-32-19-5-3-2-4-18(19)22-21-14-6-7-15(12-14)23(21)33-25-24(22)34-26(30)28-25/h2-5,8-11,14-15,21-23H,6-7,12-13H2,1H3,(H,27,29)(H,28,30)/t14-,15-,21-,22+,23-/m0/s1. The molecule has 3 aliphatic rings. The van der Waals surface area contributed by atoms with Gasteiger partial charge in [0.15, 0.2) is 6.61 Å². The number of aromatic nitrogens is 1. The Morgan fingerprint density at radius 3 is 2.74 bits per heavy atom. The monoisotopic (exact) mass is 494 g/mol. The summed E-state index contributed by atoms with van der Waals surface area (Å²) in [6.45, 7) is -0.0825. The van der Waals surface area contributed by atoms with Gasteiger partial charge in [-0.05, 0) is 67.3 Å². The lowest BCUT2D eigenvalue weighted by Gasteiger charge is -2.40. The minimum absolute atomic E-state index is 0.00656. The highest BCUT2D eigenvalue weighted by atomic mass is 32.2. The SMILES string of the molecule is COc1ccc(NC(=O)COc2ccccc2[C@H]2c3sc(=O)[nH]c3S[C@H]3[C@H]4CC[C@@H](C4)[C@@H]23)cc1. The molecule has 1 aliphatic heterocycles. The van der Waals surface area contributed by atoms with Gasteiger partial charge >= 0.3 is 4.87 Å². The molecular weight excluding hydrogens is 468 g/mol. The second-order valence-electron chi connectivity index (χ2n) is 9.28. The molecule has 1 aromatic heterocycles. The van der Waals surface area contributed by atoms with E-state index in [1.807, 2.05) is 30.0 Å². The van der Waals surface area contributed by atoms with Crippen molar-refractivity contribution in [3.05, 3.63) is 68.6 Å². The minimum Gasteiger partial charge on any atom is -0.497 e. The maximum absolute atomic E-state index is 12.6. The number of anilines is 1. The topological polar surface area (TPSA) is 80.4 Å². The van der Waals surface area contributed by atoms with Gasteiger partial charge in [0.1, 0.15) is 11.5 Å². The van der Waals surface area contributed by atoms with E-state index in [0.717, 1.165) is 32.9 Å². The van der Waals surface area contributed by atoms with Crippen molar-refractivity contribution in [1.29, 1.82) is 0 Å². The number of aromatic amines is 1. The maximum Gasteiger partial charge on any atom is 0.305 e. The van der Waals surface area contributed by atoms with Crippen LogP contribution in [0.15, 0.2) is 58.4 Å². The van der Waals surface area contributed by atoms with E-state index in [0.29, 0.717) is 22.8 Å². The van der Waals surface area contributed by atoms with Gasteiger partial charge in [-0.1, -0.05) is 29.5 Å². The fourth-order valence-corrected chi connectivity index (χ4v) is 8.97. The van der Waals surface area contributed by atoms with Gasteiger partial charge in [-0.15, -0.1) is 11.8 Å². The van der Waals surface area contributed by atoms with Crippen molar-refractivity contribution in [2.45, 2.75) is 35.5 Å². The third-order valence-corrected chi connectivity index (χ3v) is 10.1. The lowest BCUT2D eigenvalue weighted by atomic mass is 9.74. The smallest absolute Gasteiger partial charge is 0.305 e. The molecule has 176 valence electrons. The summed E-state index contributed by atoms with van der Waals surface area (Å²) < 4.78 is 11.3. The van der Waals surface area contributed by atoms with Gasteiger partial charge in [-0.3, -0.25) is 9.59 Å². The van der Waals surface area contributed by atoms with Gasteiger partial charge in [0.25, 0.3) is 5.91 Å². The number of hydrogen-bond donors (Lipinski definition) is 2. The van der Waals surface area contributed by atoms with E-state index < -0.39 is 0 Å². The van der Waals surface area contributed by atoms with Crippen LogP contribution >= 0.6 is 23.1 Å². The maximum atomic E-state index is 12.6. The van der Waals surface area contributed by atoms with Crippen molar-refractivity contribution >= 4 is 34.7 Å². The zero-order valence-electron chi connectivity index (χ0n) is 18.8. The number of carbonyl (C=O) groups excluding carboxylic acids is 1. The predicted molar refractivity (Wildman–Crippen MR) is 134 cm³/mol. The van der Waals surface area contributed by atoms with Gasteiger partial charge in [0.05, 0.1) is 12.1 Å². The molecule has 2 fully saturated rings. The number of carbonyl (C=O) groups is 1. The van der Waals surface area contributed by atoms with Gasteiger partial charge in [0, 0.05) is 27.3 Å². The molecule has 6 rings (SSSR count). The molecule has 0 radical (unpaired) electrons. The number of ether oxygens (including phenoxy) is 2. The quantitative estimate of drug-likeness (QED) is 0.498.